The second kappa shape index (κ2) is 5.33. The summed E-state index contributed by atoms with van der Waals surface area (Å²) in [5, 5.41) is 0. The lowest BCUT2D eigenvalue weighted by Crippen LogP contribution is -2.40. The summed E-state index contributed by atoms with van der Waals surface area (Å²) in [4.78, 5) is 40.5. The van der Waals surface area contributed by atoms with Crippen LogP contribution in [0.25, 0.3) is 0 Å². The van der Waals surface area contributed by atoms with E-state index in [2.05, 4.69) is 4.99 Å². The van der Waals surface area contributed by atoms with Crippen molar-refractivity contribution >= 4 is 28.7 Å². The van der Waals surface area contributed by atoms with Crippen molar-refractivity contribution in [3.63, 3.8) is 0 Å². The molecule has 0 bridgehead atoms. The Morgan fingerprint density at radius 3 is 2.20 bits per heavy atom. The minimum absolute atomic E-state index is 0.0248. The Kier molecular flexibility index (Phi) is 3.74. The van der Waals surface area contributed by atoms with Crippen LogP contribution in [-0.4, -0.2) is 23.1 Å². The zero-order valence-corrected chi connectivity index (χ0v) is 11.6. The smallest absolute Gasteiger partial charge is 0.204 e. The van der Waals surface area contributed by atoms with Gasteiger partial charge in [0.25, 0.3) is 0 Å². The summed E-state index contributed by atoms with van der Waals surface area (Å²) >= 11 is 0. The molecule has 20 heavy (non-hydrogen) atoms. The topological polar surface area (TPSA) is 63.6 Å². The minimum atomic E-state index is -1.08. The van der Waals surface area contributed by atoms with Gasteiger partial charge in [-0.1, -0.05) is 18.2 Å². The third-order valence-electron chi connectivity index (χ3n) is 3.45. The van der Waals surface area contributed by atoms with Gasteiger partial charge < -0.3 is 0 Å². The molecule has 0 N–H and O–H groups in total. The van der Waals surface area contributed by atoms with E-state index in [1.165, 1.54) is 6.92 Å². The maximum absolute atomic E-state index is 12.3. The molecule has 1 unspecified atom stereocenters. The van der Waals surface area contributed by atoms with Gasteiger partial charge in [-0.25, -0.2) is 4.99 Å². The zero-order valence-electron chi connectivity index (χ0n) is 11.6. The summed E-state index contributed by atoms with van der Waals surface area (Å²) in [5.41, 5.74) is 1.29. The molecule has 4 heteroatoms. The van der Waals surface area contributed by atoms with E-state index in [1.807, 2.05) is 6.07 Å². The van der Waals surface area contributed by atoms with E-state index in [9.17, 15) is 14.4 Å². The highest BCUT2D eigenvalue weighted by Gasteiger charge is 2.39. The number of rotatable bonds is 2. The fourth-order valence-electron chi connectivity index (χ4n) is 2.15. The molecule has 1 aromatic carbocycles. The van der Waals surface area contributed by atoms with Crippen LogP contribution in [0.15, 0.2) is 46.5 Å². The Bertz CT molecular complexity index is 654. The first-order valence-corrected chi connectivity index (χ1v) is 6.34. The fraction of sp³-hybridized carbons (Fsp3) is 0.250. The highest BCUT2D eigenvalue weighted by atomic mass is 16.2. The number of para-hydroxylation sites is 1. The second-order valence-electron chi connectivity index (χ2n) is 4.82. The average molecular weight is 269 g/mol. The van der Waals surface area contributed by atoms with Crippen LogP contribution in [-0.2, 0) is 14.4 Å². The molecule has 0 heterocycles. The summed E-state index contributed by atoms with van der Waals surface area (Å²) in [7, 11) is 0. The van der Waals surface area contributed by atoms with Crippen molar-refractivity contribution < 1.29 is 14.4 Å². The maximum Gasteiger partial charge on any atom is 0.204 e. The first-order chi connectivity index (χ1) is 9.43. The van der Waals surface area contributed by atoms with Gasteiger partial charge in [-0.05, 0) is 32.9 Å². The van der Waals surface area contributed by atoms with E-state index in [0.29, 0.717) is 16.8 Å². The van der Waals surface area contributed by atoms with Crippen LogP contribution < -0.4 is 0 Å². The standard InChI is InChI=1S/C16H15NO3/c1-9-10(2)16(20)14(13(11(3)18)15(9)19)17-12-7-5-4-6-8-12/h4-8,13H,1-3H3. The van der Waals surface area contributed by atoms with Crippen LogP contribution in [0.2, 0.25) is 0 Å². The molecule has 0 spiro atoms. The third kappa shape index (κ3) is 2.37. The second-order valence-corrected chi connectivity index (χ2v) is 4.82. The van der Waals surface area contributed by atoms with Crippen LogP contribution in [0.1, 0.15) is 20.8 Å². The lowest BCUT2D eigenvalue weighted by Gasteiger charge is -2.22. The van der Waals surface area contributed by atoms with Crippen molar-refractivity contribution in [2.75, 3.05) is 0 Å². The molecule has 0 radical (unpaired) electrons. The SMILES string of the molecule is CC(=O)C1C(=O)C(C)=C(C)C(=O)C1=Nc1ccccc1. The van der Waals surface area contributed by atoms with Gasteiger partial charge >= 0.3 is 0 Å². The Morgan fingerprint density at radius 1 is 1.05 bits per heavy atom. The maximum atomic E-state index is 12.3. The quantitative estimate of drug-likeness (QED) is 0.775. The van der Waals surface area contributed by atoms with E-state index >= 15 is 0 Å². The summed E-state index contributed by atoms with van der Waals surface area (Å²) in [6.07, 6.45) is 0. The molecule has 1 aliphatic rings. The molecule has 0 fully saturated rings. The van der Waals surface area contributed by atoms with Crippen molar-refractivity contribution in [1.82, 2.24) is 0 Å². The number of Topliss-reactive ketones (excluding diaryl/α,β-unsaturated/α-hetero) is 3. The Balaban J connectivity index is 2.60. The number of allylic oxidation sites excluding steroid dienone is 2. The molecule has 1 aromatic rings. The van der Waals surface area contributed by atoms with Crippen molar-refractivity contribution in [2.24, 2.45) is 10.9 Å². The molecule has 0 saturated carbocycles. The molecule has 4 nitrogen and oxygen atoms in total. The number of hydrogen-bond donors (Lipinski definition) is 0. The average Bonchev–Trinajstić information content (AvgIpc) is 2.43. The fourth-order valence-corrected chi connectivity index (χ4v) is 2.15. The van der Waals surface area contributed by atoms with Crippen LogP contribution >= 0.6 is 0 Å². The van der Waals surface area contributed by atoms with Crippen LogP contribution in [0, 0.1) is 5.92 Å². The number of ketones is 3. The molecule has 0 aliphatic heterocycles. The number of carbonyl (C=O) groups is 3. The molecule has 1 aliphatic carbocycles. The van der Waals surface area contributed by atoms with Crippen molar-refractivity contribution in [3.05, 3.63) is 41.5 Å². The number of aliphatic imine (C=N–C) groups is 1. The van der Waals surface area contributed by atoms with E-state index < -0.39 is 5.92 Å². The molecule has 2 rings (SSSR count). The lowest BCUT2D eigenvalue weighted by atomic mass is 9.79. The zero-order chi connectivity index (χ0) is 14.9. The Hall–Kier alpha value is -2.36. The molecule has 1 atom stereocenters. The van der Waals surface area contributed by atoms with Crippen LogP contribution in [0.4, 0.5) is 5.69 Å². The molecule has 0 amide bonds. The predicted octanol–water partition coefficient (Wildman–Crippen LogP) is 2.45. The summed E-state index contributed by atoms with van der Waals surface area (Å²) in [5.74, 6) is -2.09. The van der Waals surface area contributed by atoms with Gasteiger partial charge in [-0.2, -0.15) is 0 Å². The molecular formula is C16H15NO3. The number of nitrogens with zero attached hydrogens (tertiary/aromatic N) is 1. The molecule has 102 valence electrons. The number of benzene rings is 1. The summed E-state index contributed by atoms with van der Waals surface area (Å²) in [6.45, 7) is 4.47. The highest BCUT2D eigenvalue weighted by Crippen LogP contribution is 2.25. The van der Waals surface area contributed by atoms with E-state index in [4.69, 9.17) is 0 Å². The molecule has 0 aromatic heterocycles. The third-order valence-corrected chi connectivity index (χ3v) is 3.45. The van der Waals surface area contributed by atoms with Crippen LogP contribution in [0.3, 0.4) is 0 Å². The van der Waals surface area contributed by atoms with Crippen LogP contribution in [0.5, 0.6) is 0 Å². The Morgan fingerprint density at radius 2 is 1.65 bits per heavy atom. The van der Waals surface area contributed by atoms with E-state index in [0.717, 1.165) is 0 Å². The van der Waals surface area contributed by atoms with Gasteiger partial charge in [0, 0.05) is 11.1 Å². The molecule has 0 saturated heterocycles. The molecular weight excluding hydrogens is 254 g/mol. The van der Waals surface area contributed by atoms with Gasteiger partial charge in [0.05, 0.1) is 5.69 Å². The van der Waals surface area contributed by atoms with E-state index in [1.54, 1.807) is 38.1 Å². The predicted molar refractivity (Wildman–Crippen MR) is 76.1 cm³/mol. The number of hydrogen-bond acceptors (Lipinski definition) is 4. The van der Waals surface area contributed by atoms with Crippen molar-refractivity contribution in [2.45, 2.75) is 20.8 Å². The Labute approximate surface area is 117 Å². The van der Waals surface area contributed by atoms with Crippen molar-refractivity contribution in [3.8, 4) is 0 Å². The van der Waals surface area contributed by atoms with Gasteiger partial charge in [0.2, 0.25) is 5.78 Å². The summed E-state index contributed by atoms with van der Waals surface area (Å²) in [6, 6.07) is 8.84. The van der Waals surface area contributed by atoms with Gasteiger partial charge in [-0.15, -0.1) is 0 Å². The first kappa shape index (κ1) is 14.1. The number of carbonyl (C=O) groups excluding carboxylic acids is 3. The normalized spacial score (nSPS) is 21.6. The lowest BCUT2D eigenvalue weighted by molar-refractivity contribution is -0.128. The monoisotopic (exact) mass is 269 g/mol. The largest absolute Gasteiger partial charge is 0.299 e. The van der Waals surface area contributed by atoms with Crippen molar-refractivity contribution in [1.29, 1.82) is 0 Å². The van der Waals surface area contributed by atoms with Gasteiger partial charge in [0.15, 0.2) is 5.78 Å². The highest BCUT2D eigenvalue weighted by molar-refractivity contribution is 6.56. The van der Waals surface area contributed by atoms with E-state index in [-0.39, 0.29) is 23.1 Å². The minimum Gasteiger partial charge on any atom is -0.299 e. The first-order valence-electron chi connectivity index (χ1n) is 6.34. The van der Waals surface area contributed by atoms with Gasteiger partial charge in [0.1, 0.15) is 17.4 Å². The summed E-state index contributed by atoms with van der Waals surface area (Å²) < 4.78 is 0. The van der Waals surface area contributed by atoms with Gasteiger partial charge in [-0.3, -0.25) is 14.4 Å².